The molecule has 2 atom stereocenters. The molecule has 94 valence electrons. The molecule has 2 unspecified atom stereocenters. The first-order chi connectivity index (χ1) is 7.92. The van der Waals surface area contributed by atoms with Crippen molar-refractivity contribution in [1.82, 2.24) is 4.90 Å². The molecular weight excluding hydrogens is 226 g/mol. The molecule has 4 heteroatoms. The monoisotopic (exact) mass is 247 g/mol. The van der Waals surface area contributed by atoms with E-state index in [1.54, 1.807) is 0 Å². The Bertz CT molecular complexity index is 201. The van der Waals surface area contributed by atoms with Gasteiger partial charge in [-0.3, -0.25) is 4.90 Å². The van der Waals surface area contributed by atoms with Gasteiger partial charge in [0.1, 0.15) is 0 Å². The van der Waals surface area contributed by atoms with Gasteiger partial charge in [0.15, 0.2) is 0 Å². The number of fused-ring (bicyclic) bond motifs is 1. The Morgan fingerprint density at radius 2 is 2.12 bits per heavy atom. The Kier molecular flexibility index (Phi) is 5.36. The third-order valence-corrected chi connectivity index (χ3v) is 3.75. The van der Waals surface area contributed by atoms with E-state index in [-0.39, 0.29) is 0 Å². The second kappa shape index (κ2) is 6.80. The normalized spacial score (nSPS) is 31.3. The molecule has 0 amide bonds. The Labute approximate surface area is 103 Å². The largest absolute Gasteiger partial charge is 0.379 e. The van der Waals surface area contributed by atoms with Crippen LogP contribution < -0.4 is 0 Å². The van der Waals surface area contributed by atoms with Gasteiger partial charge in [-0.15, -0.1) is 11.6 Å². The van der Waals surface area contributed by atoms with Crippen LogP contribution in [-0.4, -0.2) is 55.8 Å². The van der Waals surface area contributed by atoms with Crippen LogP contribution in [0.4, 0.5) is 0 Å². The van der Waals surface area contributed by atoms with Gasteiger partial charge in [0.25, 0.3) is 0 Å². The van der Waals surface area contributed by atoms with Crippen LogP contribution in [0.5, 0.6) is 0 Å². The maximum absolute atomic E-state index is 5.84. The minimum Gasteiger partial charge on any atom is -0.379 e. The van der Waals surface area contributed by atoms with E-state index in [2.05, 4.69) is 4.90 Å². The van der Waals surface area contributed by atoms with Crippen molar-refractivity contribution in [3.63, 3.8) is 0 Å². The van der Waals surface area contributed by atoms with Crippen LogP contribution in [-0.2, 0) is 9.47 Å². The Morgan fingerprint density at radius 3 is 3.00 bits per heavy atom. The topological polar surface area (TPSA) is 21.7 Å². The van der Waals surface area contributed by atoms with E-state index in [0.29, 0.717) is 24.6 Å². The zero-order valence-corrected chi connectivity index (χ0v) is 10.6. The van der Waals surface area contributed by atoms with Gasteiger partial charge < -0.3 is 9.47 Å². The van der Waals surface area contributed by atoms with Crippen LogP contribution in [0.1, 0.15) is 25.7 Å². The third-order valence-electron chi connectivity index (χ3n) is 3.59. The molecule has 2 aliphatic rings. The van der Waals surface area contributed by atoms with E-state index < -0.39 is 0 Å². The molecule has 1 saturated heterocycles. The van der Waals surface area contributed by atoms with Gasteiger partial charge in [0, 0.05) is 25.0 Å². The summed E-state index contributed by atoms with van der Waals surface area (Å²) in [5, 5.41) is 0. The lowest BCUT2D eigenvalue weighted by Crippen LogP contribution is -2.53. The molecule has 2 fully saturated rings. The van der Waals surface area contributed by atoms with Crippen LogP contribution in [0.25, 0.3) is 0 Å². The number of ether oxygens (including phenoxy) is 2. The fourth-order valence-electron chi connectivity index (χ4n) is 2.79. The highest BCUT2D eigenvalue weighted by molar-refractivity contribution is 6.17. The third kappa shape index (κ3) is 3.33. The van der Waals surface area contributed by atoms with Crippen LogP contribution in [0.3, 0.4) is 0 Å². The van der Waals surface area contributed by atoms with Crippen LogP contribution in [0, 0.1) is 0 Å². The standard InChI is InChI=1S/C12H22ClNO2/c13-5-8-15-9-6-14-7-10-16-12-4-2-1-3-11(12)14/h11-12H,1-10H2. The summed E-state index contributed by atoms with van der Waals surface area (Å²) in [6, 6.07) is 0.641. The zero-order chi connectivity index (χ0) is 11.2. The summed E-state index contributed by atoms with van der Waals surface area (Å²) in [6.45, 7) is 4.44. The maximum Gasteiger partial charge on any atom is 0.0730 e. The fraction of sp³-hybridized carbons (Fsp3) is 1.00. The Balaban J connectivity index is 1.74. The van der Waals surface area contributed by atoms with Gasteiger partial charge in [0.2, 0.25) is 0 Å². The second-order valence-electron chi connectivity index (χ2n) is 4.60. The Morgan fingerprint density at radius 1 is 1.25 bits per heavy atom. The number of nitrogens with zero attached hydrogens (tertiary/aromatic N) is 1. The molecule has 1 heterocycles. The number of halogens is 1. The van der Waals surface area contributed by atoms with Crippen molar-refractivity contribution in [2.45, 2.75) is 37.8 Å². The molecule has 16 heavy (non-hydrogen) atoms. The minimum atomic E-state index is 0.482. The fourth-order valence-corrected chi connectivity index (χ4v) is 2.90. The molecule has 1 aliphatic heterocycles. The molecule has 2 rings (SSSR count). The van der Waals surface area contributed by atoms with Gasteiger partial charge >= 0.3 is 0 Å². The number of morpholine rings is 1. The van der Waals surface area contributed by atoms with Crippen molar-refractivity contribution in [3.05, 3.63) is 0 Å². The molecule has 0 aromatic rings. The van der Waals surface area contributed by atoms with E-state index in [9.17, 15) is 0 Å². The van der Waals surface area contributed by atoms with Crippen molar-refractivity contribution in [3.8, 4) is 0 Å². The lowest BCUT2D eigenvalue weighted by molar-refractivity contribution is -0.0929. The first-order valence-corrected chi connectivity index (χ1v) is 6.94. The molecule has 1 saturated carbocycles. The van der Waals surface area contributed by atoms with Crippen LogP contribution >= 0.6 is 11.6 Å². The van der Waals surface area contributed by atoms with E-state index in [1.165, 1.54) is 25.7 Å². The van der Waals surface area contributed by atoms with Gasteiger partial charge in [0.05, 0.1) is 25.9 Å². The highest BCUT2D eigenvalue weighted by atomic mass is 35.5. The van der Waals surface area contributed by atoms with Crippen LogP contribution in [0.2, 0.25) is 0 Å². The minimum absolute atomic E-state index is 0.482. The van der Waals surface area contributed by atoms with Crippen molar-refractivity contribution in [1.29, 1.82) is 0 Å². The predicted molar refractivity (Wildman–Crippen MR) is 65.1 cm³/mol. The summed E-state index contributed by atoms with van der Waals surface area (Å²) >= 11 is 5.58. The molecule has 1 aliphatic carbocycles. The molecule has 0 bridgehead atoms. The molecular formula is C12H22ClNO2. The predicted octanol–water partition coefficient (Wildman–Crippen LogP) is 1.89. The molecule has 0 spiro atoms. The molecule has 3 nitrogen and oxygen atoms in total. The van der Waals surface area contributed by atoms with Crippen molar-refractivity contribution < 1.29 is 9.47 Å². The average molecular weight is 248 g/mol. The van der Waals surface area contributed by atoms with Gasteiger partial charge in [-0.25, -0.2) is 0 Å². The van der Waals surface area contributed by atoms with E-state index in [1.807, 2.05) is 0 Å². The molecule has 0 aromatic carbocycles. The van der Waals surface area contributed by atoms with Crippen molar-refractivity contribution in [2.75, 3.05) is 38.8 Å². The summed E-state index contributed by atoms with van der Waals surface area (Å²) in [7, 11) is 0. The molecule has 0 radical (unpaired) electrons. The first-order valence-electron chi connectivity index (χ1n) is 6.41. The summed E-state index contributed by atoms with van der Waals surface area (Å²) in [6.07, 6.45) is 5.70. The van der Waals surface area contributed by atoms with Gasteiger partial charge in [-0.2, -0.15) is 0 Å². The van der Waals surface area contributed by atoms with Crippen molar-refractivity contribution >= 4 is 11.6 Å². The van der Waals surface area contributed by atoms with E-state index in [0.717, 1.165) is 26.3 Å². The number of alkyl halides is 1. The number of rotatable bonds is 5. The summed E-state index contributed by atoms with van der Waals surface area (Å²) in [5.74, 6) is 0.592. The molecule has 0 N–H and O–H groups in total. The smallest absolute Gasteiger partial charge is 0.0730 e. The quantitative estimate of drug-likeness (QED) is 0.547. The molecule has 0 aromatic heterocycles. The summed E-state index contributed by atoms with van der Waals surface area (Å²) in [4.78, 5) is 2.54. The second-order valence-corrected chi connectivity index (χ2v) is 4.98. The highest BCUT2D eigenvalue weighted by Crippen LogP contribution is 2.27. The van der Waals surface area contributed by atoms with E-state index in [4.69, 9.17) is 21.1 Å². The summed E-state index contributed by atoms with van der Waals surface area (Å²) in [5.41, 5.74) is 0. The SMILES string of the molecule is ClCCOCCN1CCOC2CCCCC21. The van der Waals surface area contributed by atoms with E-state index >= 15 is 0 Å². The van der Waals surface area contributed by atoms with Gasteiger partial charge in [-0.1, -0.05) is 12.8 Å². The number of hydrogen-bond donors (Lipinski definition) is 0. The van der Waals surface area contributed by atoms with Crippen molar-refractivity contribution in [2.24, 2.45) is 0 Å². The lowest BCUT2D eigenvalue weighted by atomic mass is 9.90. The van der Waals surface area contributed by atoms with Gasteiger partial charge in [-0.05, 0) is 12.8 Å². The zero-order valence-electron chi connectivity index (χ0n) is 9.87. The summed E-state index contributed by atoms with van der Waals surface area (Å²) < 4.78 is 11.3. The lowest BCUT2D eigenvalue weighted by Gasteiger charge is -2.43. The number of hydrogen-bond acceptors (Lipinski definition) is 3. The highest BCUT2D eigenvalue weighted by Gasteiger charge is 2.33. The first kappa shape index (κ1) is 12.6. The average Bonchev–Trinajstić information content (AvgIpc) is 2.35. The van der Waals surface area contributed by atoms with Crippen LogP contribution in [0.15, 0.2) is 0 Å². The maximum atomic E-state index is 5.84. The Hall–Kier alpha value is 0.170.